The van der Waals surface area contributed by atoms with E-state index in [1.165, 1.54) is 5.56 Å². The number of carbonyl (C=O) groups is 1. The van der Waals surface area contributed by atoms with Crippen molar-refractivity contribution in [2.75, 3.05) is 6.61 Å². The van der Waals surface area contributed by atoms with Crippen LogP contribution in [0.5, 0.6) is 0 Å². The van der Waals surface area contributed by atoms with E-state index in [2.05, 4.69) is 17.3 Å². The summed E-state index contributed by atoms with van der Waals surface area (Å²) in [5, 5.41) is 16.6. The largest absolute Gasteiger partial charge is 0.394 e. The predicted octanol–water partition coefficient (Wildman–Crippen LogP) is 2.07. The second-order valence-electron chi connectivity index (χ2n) is 5.78. The molecule has 2 aromatic rings. The minimum absolute atomic E-state index is 0.0631. The monoisotopic (exact) mass is 315 g/mol. The topological polar surface area (TPSA) is 67.2 Å². The van der Waals surface area contributed by atoms with Crippen LogP contribution in [0.4, 0.5) is 0 Å². The van der Waals surface area contributed by atoms with Crippen molar-refractivity contribution in [1.29, 1.82) is 0 Å². The highest BCUT2D eigenvalue weighted by molar-refractivity contribution is 5.76. The van der Waals surface area contributed by atoms with Crippen molar-refractivity contribution in [2.45, 2.75) is 39.2 Å². The lowest BCUT2D eigenvalue weighted by Gasteiger charge is -2.17. The maximum atomic E-state index is 12.2. The molecule has 23 heavy (non-hydrogen) atoms. The Bertz CT molecular complexity index is 647. The van der Waals surface area contributed by atoms with E-state index in [1.54, 1.807) is 10.9 Å². The number of aliphatic hydroxyl groups excluding tert-OH is 1. The van der Waals surface area contributed by atoms with Crippen LogP contribution in [-0.4, -0.2) is 27.4 Å². The first kappa shape index (κ1) is 17.2. The lowest BCUT2D eigenvalue weighted by atomic mass is 10.0. The Morgan fingerprint density at radius 1 is 1.35 bits per heavy atom. The summed E-state index contributed by atoms with van der Waals surface area (Å²) in [4.78, 5) is 12.2. The Kier molecular flexibility index (Phi) is 5.93. The molecule has 5 nitrogen and oxygen atoms in total. The normalized spacial score (nSPS) is 12.2. The van der Waals surface area contributed by atoms with Crippen molar-refractivity contribution >= 4 is 5.91 Å². The molecule has 0 radical (unpaired) electrons. The molecule has 0 bridgehead atoms. The molecule has 0 fully saturated rings. The van der Waals surface area contributed by atoms with Crippen LogP contribution in [0, 0.1) is 6.92 Å². The molecule has 0 aliphatic rings. The van der Waals surface area contributed by atoms with Crippen LogP contribution in [0.3, 0.4) is 0 Å². The van der Waals surface area contributed by atoms with Crippen molar-refractivity contribution < 1.29 is 9.90 Å². The lowest BCUT2D eigenvalue weighted by molar-refractivity contribution is -0.122. The third-order valence-corrected chi connectivity index (χ3v) is 4.27. The molecule has 0 saturated carbocycles. The smallest absolute Gasteiger partial charge is 0.220 e. The Morgan fingerprint density at radius 2 is 2.04 bits per heavy atom. The second kappa shape index (κ2) is 7.92. The number of hydrogen-bond acceptors (Lipinski definition) is 3. The lowest BCUT2D eigenvalue weighted by Crippen LogP contribution is -2.31. The zero-order valence-electron chi connectivity index (χ0n) is 14.0. The van der Waals surface area contributed by atoms with Gasteiger partial charge in [-0.25, -0.2) is 0 Å². The molecule has 2 rings (SSSR count). The molecular weight excluding hydrogens is 290 g/mol. The number of amides is 1. The van der Waals surface area contributed by atoms with Crippen LogP contribution in [0.2, 0.25) is 0 Å². The first-order valence-corrected chi connectivity index (χ1v) is 8.01. The summed E-state index contributed by atoms with van der Waals surface area (Å²) in [5.74, 6) is -0.0631. The number of nitrogens with one attached hydrogen (secondary N) is 1. The quantitative estimate of drug-likeness (QED) is 0.822. The average molecular weight is 315 g/mol. The van der Waals surface area contributed by atoms with Gasteiger partial charge in [0.1, 0.15) is 0 Å². The van der Waals surface area contributed by atoms with E-state index < -0.39 is 0 Å². The van der Waals surface area contributed by atoms with Crippen LogP contribution in [-0.2, 0) is 24.7 Å². The van der Waals surface area contributed by atoms with Crippen LogP contribution in [0.1, 0.15) is 41.8 Å². The first-order valence-electron chi connectivity index (χ1n) is 8.01. The molecule has 0 aliphatic carbocycles. The van der Waals surface area contributed by atoms with Crippen molar-refractivity contribution in [2.24, 2.45) is 7.05 Å². The summed E-state index contributed by atoms with van der Waals surface area (Å²) in [7, 11) is 1.89. The third-order valence-electron chi connectivity index (χ3n) is 4.27. The molecule has 0 spiro atoms. The molecular formula is C18H25N3O2. The van der Waals surface area contributed by atoms with Gasteiger partial charge in [0.15, 0.2) is 0 Å². The Hall–Kier alpha value is -2.14. The van der Waals surface area contributed by atoms with Gasteiger partial charge in [-0.1, -0.05) is 31.2 Å². The number of aryl methyl sites for hydroxylation is 3. The highest BCUT2D eigenvalue weighted by Gasteiger charge is 2.14. The molecule has 1 unspecified atom stereocenters. The standard InChI is InChI=1S/C18H25N3O2/c1-4-14-5-7-15(8-6-14)17(12-22)20-18(23)10-9-16-11-19-21(3)13(16)2/h5-8,11,17,22H,4,9-10,12H2,1-3H3,(H,20,23). The van der Waals surface area contributed by atoms with Crippen LogP contribution in [0.15, 0.2) is 30.5 Å². The fourth-order valence-electron chi connectivity index (χ4n) is 2.52. The van der Waals surface area contributed by atoms with Crippen LogP contribution in [0.25, 0.3) is 0 Å². The third kappa shape index (κ3) is 4.42. The zero-order chi connectivity index (χ0) is 16.8. The van der Waals surface area contributed by atoms with E-state index in [-0.39, 0.29) is 18.6 Å². The molecule has 5 heteroatoms. The van der Waals surface area contributed by atoms with Gasteiger partial charge >= 0.3 is 0 Å². The van der Waals surface area contributed by atoms with Crippen molar-refractivity contribution in [1.82, 2.24) is 15.1 Å². The van der Waals surface area contributed by atoms with Crippen molar-refractivity contribution in [3.05, 3.63) is 52.8 Å². The summed E-state index contributed by atoms with van der Waals surface area (Å²) in [5.41, 5.74) is 4.32. The van der Waals surface area contributed by atoms with Gasteiger partial charge in [-0.05, 0) is 36.5 Å². The second-order valence-corrected chi connectivity index (χ2v) is 5.78. The van der Waals surface area contributed by atoms with Gasteiger partial charge < -0.3 is 10.4 Å². The Balaban J connectivity index is 1.92. The summed E-state index contributed by atoms with van der Waals surface area (Å²) < 4.78 is 1.80. The van der Waals surface area contributed by atoms with E-state index in [9.17, 15) is 9.90 Å². The van der Waals surface area contributed by atoms with Crippen molar-refractivity contribution in [3.8, 4) is 0 Å². The van der Waals surface area contributed by atoms with Gasteiger partial charge in [0.25, 0.3) is 0 Å². The number of hydrogen-bond donors (Lipinski definition) is 2. The van der Waals surface area contributed by atoms with E-state index >= 15 is 0 Å². The molecule has 1 aromatic heterocycles. The SMILES string of the molecule is CCc1ccc(C(CO)NC(=O)CCc2cnn(C)c2C)cc1. The maximum Gasteiger partial charge on any atom is 0.220 e. The number of aromatic nitrogens is 2. The minimum atomic E-state index is -0.358. The average Bonchev–Trinajstić information content (AvgIpc) is 2.90. The number of aliphatic hydroxyl groups is 1. The van der Waals surface area contributed by atoms with E-state index in [4.69, 9.17) is 0 Å². The molecule has 1 heterocycles. The highest BCUT2D eigenvalue weighted by atomic mass is 16.3. The summed E-state index contributed by atoms with van der Waals surface area (Å²) in [6.45, 7) is 3.98. The van der Waals surface area contributed by atoms with Gasteiger partial charge in [0.2, 0.25) is 5.91 Å². The van der Waals surface area contributed by atoms with E-state index in [1.807, 2.05) is 38.2 Å². The molecule has 0 aliphatic heterocycles. The number of rotatable bonds is 7. The number of benzene rings is 1. The van der Waals surface area contributed by atoms with Crippen molar-refractivity contribution in [3.63, 3.8) is 0 Å². The molecule has 1 amide bonds. The first-order chi connectivity index (χ1) is 11.0. The van der Waals surface area contributed by atoms with Gasteiger partial charge in [0.05, 0.1) is 18.8 Å². The van der Waals surface area contributed by atoms with Crippen LogP contribution < -0.4 is 5.32 Å². The zero-order valence-corrected chi connectivity index (χ0v) is 14.0. The number of carbonyl (C=O) groups excluding carboxylic acids is 1. The fraction of sp³-hybridized carbons (Fsp3) is 0.444. The minimum Gasteiger partial charge on any atom is -0.394 e. The predicted molar refractivity (Wildman–Crippen MR) is 90.1 cm³/mol. The Labute approximate surface area is 137 Å². The summed E-state index contributed by atoms with van der Waals surface area (Å²) >= 11 is 0. The molecule has 1 atom stereocenters. The van der Waals surface area contributed by atoms with Gasteiger partial charge in [-0.15, -0.1) is 0 Å². The molecule has 1 aromatic carbocycles. The van der Waals surface area contributed by atoms with Gasteiger partial charge in [-0.3, -0.25) is 9.48 Å². The molecule has 0 saturated heterocycles. The maximum absolute atomic E-state index is 12.2. The van der Waals surface area contributed by atoms with E-state index in [0.717, 1.165) is 23.2 Å². The van der Waals surface area contributed by atoms with Crippen LogP contribution >= 0.6 is 0 Å². The fourth-order valence-corrected chi connectivity index (χ4v) is 2.52. The summed E-state index contributed by atoms with van der Waals surface area (Å²) in [6.07, 6.45) is 3.81. The highest BCUT2D eigenvalue weighted by Crippen LogP contribution is 2.15. The van der Waals surface area contributed by atoms with Gasteiger partial charge in [0, 0.05) is 19.2 Å². The Morgan fingerprint density at radius 3 is 2.57 bits per heavy atom. The summed E-state index contributed by atoms with van der Waals surface area (Å²) in [6, 6.07) is 7.63. The molecule has 2 N–H and O–H groups in total. The van der Waals surface area contributed by atoms with E-state index in [0.29, 0.717) is 12.8 Å². The number of nitrogens with zero attached hydrogens (tertiary/aromatic N) is 2. The van der Waals surface area contributed by atoms with Gasteiger partial charge in [-0.2, -0.15) is 5.10 Å². The molecule has 124 valence electrons.